The smallest absolute Gasteiger partial charge is 0.251 e. The Labute approximate surface area is 123 Å². The highest BCUT2D eigenvalue weighted by Crippen LogP contribution is 2.22. The Balaban J connectivity index is 2.13. The number of amides is 1. The van der Waals surface area contributed by atoms with E-state index in [0.717, 1.165) is 5.56 Å². The van der Waals surface area contributed by atoms with E-state index < -0.39 is 0 Å². The van der Waals surface area contributed by atoms with E-state index >= 15 is 0 Å². The molecule has 2 rings (SSSR count). The van der Waals surface area contributed by atoms with Crippen LogP contribution in [0.25, 0.3) is 0 Å². The van der Waals surface area contributed by atoms with Gasteiger partial charge in [0, 0.05) is 23.8 Å². The van der Waals surface area contributed by atoms with Crippen LogP contribution in [0, 0.1) is 0 Å². The monoisotopic (exact) mass is 289 g/mol. The Morgan fingerprint density at radius 3 is 2.75 bits per heavy atom. The van der Waals surface area contributed by atoms with Crippen LogP contribution in [-0.4, -0.2) is 17.9 Å². The van der Waals surface area contributed by atoms with E-state index in [2.05, 4.69) is 15.6 Å². The van der Waals surface area contributed by atoms with Gasteiger partial charge in [-0.2, -0.15) is 0 Å². The third-order valence-corrected chi connectivity index (χ3v) is 3.34. The fraction of sp³-hybridized carbons (Fsp3) is 0.200. The summed E-state index contributed by atoms with van der Waals surface area (Å²) < 4.78 is 0. The molecule has 0 spiro atoms. The molecule has 0 radical (unpaired) electrons. The highest BCUT2D eigenvalue weighted by molar-refractivity contribution is 6.31. The summed E-state index contributed by atoms with van der Waals surface area (Å²) in [6, 6.07) is 10.7. The van der Waals surface area contributed by atoms with Crippen molar-refractivity contribution in [1.82, 2.24) is 10.3 Å². The third kappa shape index (κ3) is 3.27. The molecule has 1 aromatic carbocycles. The van der Waals surface area contributed by atoms with Gasteiger partial charge in [0.15, 0.2) is 0 Å². The zero-order chi connectivity index (χ0) is 14.5. The maximum absolute atomic E-state index is 12.2. The summed E-state index contributed by atoms with van der Waals surface area (Å²) >= 11 is 6.12. The lowest BCUT2D eigenvalue weighted by molar-refractivity contribution is 0.0940. The maximum atomic E-state index is 12.2. The zero-order valence-corrected chi connectivity index (χ0v) is 12.1. The normalized spacial score (nSPS) is 11.8. The molecule has 0 saturated heterocycles. The van der Waals surface area contributed by atoms with Crippen molar-refractivity contribution in [2.45, 2.75) is 13.0 Å². The molecule has 0 aliphatic rings. The minimum atomic E-state index is -0.164. The number of aromatic nitrogens is 1. The number of nitrogens with zero attached hydrogens (tertiary/aromatic N) is 1. The van der Waals surface area contributed by atoms with Gasteiger partial charge < -0.3 is 10.6 Å². The second kappa shape index (κ2) is 6.39. The van der Waals surface area contributed by atoms with Crippen molar-refractivity contribution in [3.05, 3.63) is 58.7 Å². The first-order chi connectivity index (χ1) is 9.61. The number of halogens is 1. The molecule has 2 aromatic rings. The Morgan fingerprint density at radius 2 is 2.05 bits per heavy atom. The molecule has 5 heteroatoms. The Kier molecular flexibility index (Phi) is 4.58. The van der Waals surface area contributed by atoms with Crippen LogP contribution in [0.3, 0.4) is 0 Å². The van der Waals surface area contributed by atoms with Crippen LogP contribution < -0.4 is 10.6 Å². The van der Waals surface area contributed by atoms with Crippen molar-refractivity contribution < 1.29 is 4.79 Å². The second-order valence-electron chi connectivity index (χ2n) is 4.40. The molecule has 0 aliphatic heterocycles. The SMILES string of the molecule is CNc1cc(C(=O)NC(C)c2ccccc2Cl)ccn1. The van der Waals surface area contributed by atoms with Gasteiger partial charge in [-0.15, -0.1) is 0 Å². The topological polar surface area (TPSA) is 54.0 Å². The molecule has 104 valence electrons. The molecule has 1 heterocycles. The third-order valence-electron chi connectivity index (χ3n) is 3.00. The van der Waals surface area contributed by atoms with Gasteiger partial charge in [0.1, 0.15) is 5.82 Å². The van der Waals surface area contributed by atoms with Crippen LogP contribution >= 0.6 is 11.6 Å². The quantitative estimate of drug-likeness (QED) is 0.908. The summed E-state index contributed by atoms with van der Waals surface area (Å²) in [6.07, 6.45) is 1.60. The predicted octanol–water partition coefficient (Wildman–Crippen LogP) is 3.27. The average molecular weight is 290 g/mol. The van der Waals surface area contributed by atoms with Crippen molar-refractivity contribution in [2.75, 3.05) is 12.4 Å². The highest BCUT2D eigenvalue weighted by Gasteiger charge is 2.13. The average Bonchev–Trinajstić information content (AvgIpc) is 2.47. The highest BCUT2D eigenvalue weighted by atomic mass is 35.5. The zero-order valence-electron chi connectivity index (χ0n) is 11.4. The minimum Gasteiger partial charge on any atom is -0.373 e. The van der Waals surface area contributed by atoms with E-state index in [9.17, 15) is 4.79 Å². The number of nitrogens with one attached hydrogen (secondary N) is 2. The molecule has 0 saturated carbocycles. The molecule has 2 N–H and O–H groups in total. The van der Waals surface area contributed by atoms with Gasteiger partial charge >= 0.3 is 0 Å². The number of rotatable bonds is 4. The maximum Gasteiger partial charge on any atom is 0.251 e. The summed E-state index contributed by atoms with van der Waals surface area (Å²) in [5, 5.41) is 6.47. The van der Waals surface area contributed by atoms with E-state index in [1.165, 1.54) is 0 Å². The summed E-state index contributed by atoms with van der Waals surface area (Å²) in [5.74, 6) is 0.499. The molecule has 1 aromatic heterocycles. The van der Waals surface area contributed by atoms with Gasteiger partial charge in [0.2, 0.25) is 0 Å². The largest absolute Gasteiger partial charge is 0.373 e. The van der Waals surface area contributed by atoms with Crippen LogP contribution in [0.15, 0.2) is 42.6 Å². The fourth-order valence-corrected chi connectivity index (χ4v) is 2.19. The van der Waals surface area contributed by atoms with Crippen LogP contribution in [0.1, 0.15) is 28.9 Å². The number of carbonyl (C=O) groups excluding carboxylic acids is 1. The van der Waals surface area contributed by atoms with Gasteiger partial charge in [-0.05, 0) is 30.7 Å². The van der Waals surface area contributed by atoms with Crippen LogP contribution in [0.4, 0.5) is 5.82 Å². The number of anilines is 1. The summed E-state index contributed by atoms with van der Waals surface area (Å²) in [5.41, 5.74) is 1.45. The van der Waals surface area contributed by atoms with E-state index in [1.54, 1.807) is 25.4 Å². The van der Waals surface area contributed by atoms with Gasteiger partial charge in [-0.25, -0.2) is 4.98 Å². The van der Waals surface area contributed by atoms with E-state index in [1.807, 2.05) is 31.2 Å². The number of benzene rings is 1. The van der Waals surface area contributed by atoms with Crippen molar-refractivity contribution in [3.63, 3.8) is 0 Å². The summed E-state index contributed by atoms with van der Waals surface area (Å²) in [7, 11) is 1.76. The van der Waals surface area contributed by atoms with Crippen molar-refractivity contribution in [1.29, 1.82) is 0 Å². The molecule has 20 heavy (non-hydrogen) atoms. The van der Waals surface area contributed by atoms with E-state index in [-0.39, 0.29) is 11.9 Å². The Hall–Kier alpha value is -2.07. The first kappa shape index (κ1) is 14.3. The molecule has 0 bridgehead atoms. The number of hydrogen-bond acceptors (Lipinski definition) is 3. The second-order valence-corrected chi connectivity index (χ2v) is 4.80. The van der Waals surface area contributed by atoms with Crippen LogP contribution in [0.5, 0.6) is 0 Å². The molecule has 0 fully saturated rings. The Bertz CT molecular complexity index is 616. The molecular weight excluding hydrogens is 274 g/mol. The lowest BCUT2D eigenvalue weighted by Gasteiger charge is -2.16. The molecular formula is C15H16ClN3O. The number of pyridine rings is 1. The molecule has 4 nitrogen and oxygen atoms in total. The molecule has 1 atom stereocenters. The van der Waals surface area contributed by atoms with Crippen molar-refractivity contribution >= 4 is 23.3 Å². The predicted molar refractivity (Wildman–Crippen MR) is 81.1 cm³/mol. The van der Waals surface area contributed by atoms with Crippen molar-refractivity contribution in [3.8, 4) is 0 Å². The molecule has 1 amide bonds. The standard InChI is InChI=1S/C15H16ClN3O/c1-10(12-5-3-4-6-13(12)16)19-15(20)11-7-8-18-14(9-11)17-2/h3-10H,1-2H3,(H,17,18)(H,19,20). The van der Waals surface area contributed by atoms with Crippen LogP contribution in [-0.2, 0) is 0 Å². The van der Waals surface area contributed by atoms with E-state index in [0.29, 0.717) is 16.4 Å². The van der Waals surface area contributed by atoms with Gasteiger partial charge in [-0.1, -0.05) is 29.8 Å². The fourth-order valence-electron chi connectivity index (χ4n) is 1.89. The minimum absolute atomic E-state index is 0.156. The van der Waals surface area contributed by atoms with Gasteiger partial charge in [0.25, 0.3) is 5.91 Å². The van der Waals surface area contributed by atoms with E-state index in [4.69, 9.17) is 11.6 Å². The number of hydrogen-bond donors (Lipinski definition) is 2. The Morgan fingerprint density at radius 1 is 1.30 bits per heavy atom. The first-order valence-electron chi connectivity index (χ1n) is 6.31. The first-order valence-corrected chi connectivity index (χ1v) is 6.68. The van der Waals surface area contributed by atoms with Gasteiger partial charge in [0.05, 0.1) is 6.04 Å². The summed E-state index contributed by atoms with van der Waals surface area (Å²) in [6.45, 7) is 1.90. The number of carbonyl (C=O) groups is 1. The van der Waals surface area contributed by atoms with Crippen molar-refractivity contribution in [2.24, 2.45) is 0 Å². The van der Waals surface area contributed by atoms with Gasteiger partial charge in [-0.3, -0.25) is 4.79 Å². The molecule has 1 unspecified atom stereocenters. The lowest BCUT2D eigenvalue weighted by atomic mass is 10.1. The summed E-state index contributed by atoms with van der Waals surface area (Å²) in [4.78, 5) is 16.3. The lowest BCUT2D eigenvalue weighted by Crippen LogP contribution is -2.26. The van der Waals surface area contributed by atoms with Crippen LogP contribution in [0.2, 0.25) is 5.02 Å². The molecule has 0 aliphatic carbocycles.